The van der Waals surface area contributed by atoms with E-state index in [0.29, 0.717) is 0 Å². The van der Waals surface area contributed by atoms with Crippen molar-refractivity contribution in [3.8, 4) is 0 Å². The van der Waals surface area contributed by atoms with E-state index in [-0.39, 0.29) is 5.56 Å². The van der Waals surface area contributed by atoms with Gasteiger partial charge in [-0.15, -0.1) is 0 Å². The zero-order valence-corrected chi connectivity index (χ0v) is 6.23. The van der Waals surface area contributed by atoms with Crippen molar-refractivity contribution in [2.45, 2.75) is 0 Å². The van der Waals surface area contributed by atoms with Crippen LogP contribution in [0.3, 0.4) is 0 Å². The highest BCUT2D eigenvalue weighted by molar-refractivity contribution is 8.67. The van der Waals surface area contributed by atoms with Gasteiger partial charge in [-0.3, -0.25) is 4.79 Å². The van der Waals surface area contributed by atoms with Crippen LogP contribution in [0.25, 0.3) is 0 Å². The standard InChI is InChI=1S/C5H5NOS2/c7-5-3-1-2-4-6(5)9-8/h1-4,8H. The van der Waals surface area contributed by atoms with Gasteiger partial charge in [-0.05, 0) is 6.07 Å². The molecule has 0 unspecified atom stereocenters. The Morgan fingerprint density at radius 2 is 2.33 bits per heavy atom. The summed E-state index contributed by atoms with van der Waals surface area (Å²) in [4.78, 5) is 10.7. The molecule has 0 atom stereocenters. The third-order valence-electron chi connectivity index (χ3n) is 0.877. The highest BCUT2D eigenvalue weighted by Crippen LogP contribution is 2.03. The van der Waals surface area contributed by atoms with E-state index >= 15 is 0 Å². The average Bonchev–Trinajstić information content (AvgIpc) is 1.89. The van der Waals surface area contributed by atoms with E-state index in [1.807, 2.05) is 0 Å². The number of hydrogen-bond acceptors (Lipinski definition) is 3. The lowest BCUT2D eigenvalue weighted by Gasteiger charge is -1.93. The average molecular weight is 159 g/mol. The first-order chi connectivity index (χ1) is 4.34. The fourth-order valence-electron chi connectivity index (χ4n) is 0.480. The minimum absolute atomic E-state index is 0.0440. The molecule has 2 nitrogen and oxygen atoms in total. The molecule has 0 bridgehead atoms. The van der Waals surface area contributed by atoms with Crippen LogP contribution >= 0.6 is 22.6 Å². The second-order valence-electron chi connectivity index (χ2n) is 1.45. The summed E-state index contributed by atoms with van der Waals surface area (Å²) in [5.41, 5.74) is -0.0440. The lowest BCUT2D eigenvalue weighted by Crippen LogP contribution is -2.09. The second kappa shape index (κ2) is 2.98. The van der Waals surface area contributed by atoms with Gasteiger partial charge in [-0.25, -0.2) is 3.97 Å². The minimum Gasteiger partial charge on any atom is -0.268 e. The van der Waals surface area contributed by atoms with Crippen molar-refractivity contribution in [1.82, 2.24) is 3.97 Å². The summed E-state index contributed by atoms with van der Waals surface area (Å²) >= 11 is 3.86. The molecule has 1 rings (SSSR count). The van der Waals surface area contributed by atoms with Crippen LogP contribution in [0.1, 0.15) is 0 Å². The van der Waals surface area contributed by atoms with Crippen LogP contribution in [-0.4, -0.2) is 3.97 Å². The first kappa shape index (κ1) is 6.77. The number of nitrogens with zero attached hydrogens (tertiary/aromatic N) is 1. The number of rotatable bonds is 1. The van der Waals surface area contributed by atoms with Crippen LogP contribution < -0.4 is 5.56 Å². The highest BCUT2D eigenvalue weighted by atomic mass is 33.1. The second-order valence-corrected chi connectivity index (χ2v) is 2.49. The predicted octanol–water partition coefficient (Wildman–Crippen LogP) is 1.19. The van der Waals surface area contributed by atoms with Crippen molar-refractivity contribution in [1.29, 1.82) is 0 Å². The molecule has 1 heterocycles. The topological polar surface area (TPSA) is 22.0 Å². The molecule has 48 valence electrons. The van der Waals surface area contributed by atoms with Crippen molar-refractivity contribution >= 4 is 22.6 Å². The van der Waals surface area contributed by atoms with Gasteiger partial charge in [0.2, 0.25) is 0 Å². The maximum Gasteiger partial charge on any atom is 0.261 e. The molecule has 9 heavy (non-hydrogen) atoms. The van der Waals surface area contributed by atoms with E-state index in [1.54, 1.807) is 18.3 Å². The number of hydrogen-bond donors (Lipinski definition) is 1. The Kier molecular flexibility index (Phi) is 2.24. The quantitative estimate of drug-likeness (QED) is 0.491. The fraction of sp³-hybridized carbons (Fsp3) is 0. The maximum absolute atomic E-state index is 10.7. The van der Waals surface area contributed by atoms with Gasteiger partial charge < -0.3 is 0 Å². The zero-order valence-electron chi connectivity index (χ0n) is 4.52. The molecule has 0 aliphatic rings. The first-order valence-electron chi connectivity index (χ1n) is 2.34. The number of pyridine rings is 1. The van der Waals surface area contributed by atoms with E-state index in [4.69, 9.17) is 0 Å². The zero-order chi connectivity index (χ0) is 6.69. The summed E-state index contributed by atoms with van der Waals surface area (Å²) < 4.78 is 1.43. The summed E-state index contributed by atoms with van der Waals surface area (Å²) in [5, 5.41) is 0. The summed E-state index contributed by atoms with van der Waals surface area (Å²) in [6, 6.07) is 4.97. The minimum atomic E-state index is -0.0440. The van der Waals surface area contributed by atoms with E-state index in [0.717, 1.165) is 11.0 Å². The van der Waals surface area contributed by atoms with E-state index in [2.05, 4.69) is 11.7 Å². The molecule has 0 amide bonds. The summed E-state index contributed by atoms with van der Waals surface area (Å²) in [5.74, 6) is 0. The molecular formula is C5H5NOS2. The predicted molar refractivity (Wildman–Crippen MR) is 42.7 cm³/mol. The van der Waals surface area contributed by atoms with Gasteiger partial charge in [-0.2, -0.15) is 0 Å². The van der Waals surface area contributed by atoms with Crippen LogP contribution in [0.5, 0.6) is 0 Å². The smallest absolute Gasteiger partial charge is 0.261 e. The Morgan fingerprint density at radius 1 is 1.56 bits per heavy atom. The Bertz CT molecular complexity index is 245. The lowest BCUT2D eigenvalue weighted by atomic mass is 10.5. The van der Waals surface area contributed by atoms with Gasteiger partial charge in [0.25, 0.3) is 5.56 Å². The van der Waals surface area contributed by atoms with E-state index < -0.39 is 0 Å². The molecular weight excluding hydrogens is 154 g/mol. The summed E-state index contributed by atoms with van der Waals surface area (Å²) in [6.07, 6.45) is 1.67. The molecule has 0 N–H and O–H groups in total. The van der Waals surface area contributed by atoms with E-state index in [1.165, 1.54) is 10.0 Å². The van der Waals surface area contributed by atoms with Crippen LogP contribution in [0.4, 0.5) is 0 Å². The molecule has 0 aliphatic carbocycles. The molecule has 0 saturated carbocycles. The Balaban J connectivity index is 3.16. The molecule has 1 aromatic rings. The van der Waals surface area contributed by atoms with Gasteiger partial charge in [0.1, 0.15) is 0 Å². The molecule has 0 saturated heterocycles. The Labute approximate surface area is 61.8 Å². The monoisotopic (exact) mass is 159 g/mol. The molecule has 0 fully saturated rings. The molecule has 0 radical (unpaired) electrons. The highest BCUT2D eigenvalue weighted by Gasteiger charge is 1.86. The summed E-state index contributed by atoms with van der Waals surface area (Å²) in [7, 11) is 1.09. The first-order valence-corrected chi connectivity index (χ1v) is 4.17. The third-order valence-corrected chi connectivity index (χ3v) is 1.88. The van der Waals surface area contributed by atoms with Crippen molar-refractivity contribution < 1.29 is 0 Å². The largest absolute Gasteiger partial charge is 0.268 e. The SMILES string of the molecule is O=c1ccccn1SS. The van der Waals surface area contributed by atoms with Crippen LogP contribution in [0, 0.1) is 0 Å². The van der Waals surface area contributed by atoms with Gasteiger partial charge in [0.15, 0.2) is 0 Å². The molecule has 0 aliphatic heterocycles. The van der Waals surface area contributed by atoms with Crippen molar-refractivity contribution in [3.05, 3.63) is 34.7 Å². The molecule has 0 aromatic carbocycles. The number of thiol groups is 1. The van der Waals surface area contributed by atoms with E-state index in [9.17, 15) is 4.79 Å². The molecule has 4 heteroatoms. The summed E-state index contributed by atoms with van der Waals surface area (Å²) in [6.45, 7) is 0. The normalized spacial score (nSPS) is 9.44. The Morgan fingerprint density at radius 3 is 2.78 bits per heavy atom. The molecule has 1 aromatic heterocycles. The van der Waals surface area contributed by atoms with Crippen LogP contribution in [0.2, 0.25) is 0 Å². The van der Waals surface area contributed by atoms with Crippen molar-refractivity contribution in [2.24, 2.45) is 0 Å². The Hall–Kier alpha value is -0.350. The van der Waals surface area contributed by atoms with Gasteiger partial charge in [0, 0.05) is 23.2 Å². The fourth-order valence-corrected chi connectivity index (χ4v) is 1.15. The van der Waals surface area contributed by atoms with Gasteiger partial charge in [0.05, 0.1) is 0 Å². The van der Waals surface area contributed by atoms with Crippen molar-refractivity contribution in [3.63, 3.8) is 0 Å². The molecule has 0 spiro atoms. The third kappa shape index (κ3) is 1.53. The lowest BCUT2D eigenvalue weighted by molar-refractivity contribution is 1.16. The van der Waals surface area contributed by atoms with Crippen molar-refractivity contribution in [2.75, 3.05) is 0 Å². The maximum atomic E-state index is 10.7. The van der Waals surface area contributed by atoms with Gasteiger partial charge in [-0.1, -0.05) is 17.7 Å². The van der Waals surface area contributed by atoms with Gasteiger partial charge >= 0.3 is 0 Å². The number of aromatic nitrogens is 1. The van der Waals surface area contributed by atoms with Crippen LogP contribution in [-0.2, 0) is 0 Å². The van der Waals surface area contributed by atoms with Crippen LogP contribution in [0.15, 0.2) is 29.2 Å².